The van der Waals surface area contributed by atoms with Gasteiger partial charge in [-0.1, -0.05) is 30.3 Å². The first-order chi connectivity index (χ1) is 13.5. The monoisotopic (exact) mass is 380 g/mol. The molecule has 142 valence electrons. The molecule has 0 aliphatic carbocycles. The molecule has 0 saturated heterocycles. The fourth-order valence-electron chi connectivity index (χ4n) is 2.60. The van der Waals surface area contributed by atoms with E-state index in [0.29, 0.717) is 5.56 Å². The standard InChI is InChI=1S/C21H16O7/c1-25-19(22)14-10-15(20(23)26-2)12-16(11-14)28-21(24)18-17(8-9-27-18)13-6-4-3-5-7-13/h3-12H,1-2H3. The maximum Gasteiger partial charge on any atom is 0.380 e. The van der Waals surface area contributed by atoms with E-state index in [1.807, 2.05) is 30.3 Å². The predicted octanol–water partition coefficient (Wildman–Crippen LogP) is 3.74. The van der Waals surface area contributed by atoms with E-state index in [1.54, 1.807) is 6.07 Å². The summed E-state index contributed by atoms with van der Waals surface area (Å²) in [4.78, 5) is 36.3. The third kappa shape index (κ3) is 3.93. The lowest BCUT2D eigenvalue weighted by Gasteiger charge is -2.09. The molecule has 0 amide bonds. The Morgan fingerprint density at radius 2 is 1.39 bits per heavy atom. The van der Waals surface area contributed by atoms with Crippen molar-refractivity contribution in [2.75, 3.05) is 14.2 Å². The van der Waals surface area contributed by atoms with Crippen LogP contribution in [-0.2, 0) is 9.47 Å². The summed E-state index contributed by atoms with van der Waals surface area (Å²) >= 11 is 0. The van der Waals surface area contributed by atoms with Gasteiger partial charge in [-0.3, -0.25) is 0 Å². The highest BCUT2D eigenvalue weighted by Gasteiger charge is 2.21. The minimum atomic E-state index is -0.776. The molecule has 0 radical (unpaired) electrons. The summed E-state index contributed by atoms with van der Waals surface area (Å²) < 4.78 is 20.0. The van der Waals surface area contributed by atoms with Crippen molar-refractivity contribution in [3.8, 4) is 16.9 Å². The highest BCUT2D eigenvalue weighted by molar-refractivity contribution is 5.98. The first-order valence-electron chi connectivity index (χ1n) is 8.20. The van der Waals surface area contributed by atoms with Crippen LogP contribution in [0.5, 0.6) is 5.75 Å². The van der Waals surface area contributed by atoms with Crippen molar-refractivity contribution in [2.45, 2.75) is 0 Å². The molecule has 0 spiro atoms. The second-order valence-electron chi connectivity index (χ2n) is 5.65. The van der Waals surface area contributed by atoms with Crippen molar-refractivity contribution < 1.29 is 33.0 Å². The van der Waals surface area contributed by atoms with Crippen LogP contribution >= 0.6 is 0 Å². The minimum Gasteiger partial charge on any atom is -0.465 e. The maximum atomic E-state index is 12.6. The van der Waals surface area contributed by atoms with Gasteiger partial charge in [0, 0.05) is 5.56 Å². The highest BCUT2D eigenvalue weighted by atomic mass is 16.5. The van der Waals surface area contributed by atoms with E-state index in [-0.39, 0.29) is 22.6 Å². The molecule has 3 aromatic rings. The molecule has 3 rings (SSSR count). The second kappa shape index (κ2) is 8.22. The average molecular weight is 380 g/mol. The molecule has 2 aromatic carbocycles. The molecular formula is C21H16O7. The molecule has 0 unspecified atom stereocenters. The van der Waals surface area contributed by atoms with Crippen LogP contribution in [0.1, 0.15) is 31.3 Å². The number of rotatable bonds is 5. The molecular weight excluding hydrogens is 364 g/mol. The molecule has 28 heavy (non-hydrogen) atoms. The van der Waals surface area contributed by atoms with Crippen LogP contribution in [0.3, 0.4) is 0 Å². The Labute approximate surface area is 160 Å². The Bertz CT molecular complexity index is 984. The van der Waals surface area contributed by atoms with Gasteiger partial charge >= 0.3 is 17.9 Å². The quantitative estimate of drug-likeness (QED) is 0.492. The van der Waals surface area contributed by atoms with E-state index in [0.717, 1.165) is 5.56 Å². The van der Waals surface area contributed by atoms with Crippen LogP contribution in [0.15, 0.2) is 65.3 Å². The van der Waals surface area contributed by atoms with Gasteiger partial charge in [0.2, 0.25) is 5.76 Å². The molecule has 0 fully saturated rings. The van der Waals surface area contributed by atoms with E-state index in [4.69, 9.17) is 9.15 Å². The molecule has 0 aliphatic heterocycles. The molecule has 0 N–H and O–H groups in total. The number of methoxy groups -OCH3 is 2. The van der Waals surface area contributed by atoms with Gasteiger partial charge in [0.05, 0.1) is 31.6 Å². The summed E-state index contributed by atoms with van der Waals surface area (Å²) in [7, 11) is 2.40. The smallest absolute Gasteiger partial charge is 0.380 e. The van der Waals surface area contributed by atoms with Gasteiger partial charge in [0.1, 0.15) is 5.75 Å². The number of furan rings is 1. The summed E-state index contributed by atoms with van der Waals surface area (Å²) in [5.41, 5.74) is 1.41. The van der Waals surface area contributed by atoms with Crippen molar-refractivity contribution in [3.63, 3.8) is 0 Å². The molecule has 0 bridgehead atoms. The second-order valence-corrected chi connectivity index (χ2v) is 5.65. The topological polar surface area (TPSA) is 92.0 Å². The molecule has 7 nitrogen and oxygen atoms in total. The summed E-state index contributed by atoms with van der Waals surface area (Å²) in [6.07, 6.45) is 1.38. The number of ether oxygens (including phenoxy) is 3. The van der Waals surface area contributed by atoms with Gasteiger partial charge in [-0.2, -0.15) is 0 Å². The number of hydrogen-bond acceptors (Lipinski definition) is 7. The van der Waals surface area contributed by atoms with Crippen LogP contribution in [0.2, 0.25) is 0 Å². The third-order valence-electron chi connectivity index (χ3n) is 3.89. The van der Waals surface area contributed by atoms with Gasteiger partial charge in [-0.15, -0.1) is 0 Å². The number of carbonyl (C=O) groups is 3. The van der Waals surface area contributed by atoms with Crippen LogP contribution in [-0.4, -0.2) is 32.1 Å². The van der Waals surface area contributed by atoms with Crippen molar-refractivity contribution in [1.29, 1.82) is 0 Å². The molecule has 0 atom stereocenters. The van der Waals surface area contributed by atoms with Gasteiger partial charge in [-0.25, -0.2) is 14.4 Å². The lowest BCUT2D eigenvalue weighted by molar-refractivity contribution is 0.0592. The van der Waals surface area contributed by atoms with Crippen molar-refractivity contribution in [3.05, 3.63) is 77.7 Å². The highest BCUT2D eigenvalue weighted by Crippen LogP contribution is 2.27. The number of carbonyl (C=O) groups excluding carboxylic acids is 3. The largest absolute Gasteiger partial charge is 0.465 e. The van der Waals surface area contributed by atoms with Crippen LogP contribution in [0.25, 0.3) is 11.1 Å². The zero-order chi connectivity index (χ0) is 20.1. The molecule has 0 saturated carbocycles. The van der Waals surface area contributed by atoms with Crippen molar-refractivity contribution in [1.82, 2.24) is 0 Å². The van der Waals surface area contributed by atoms with E-state index in [2.05, 4.69) is 9.47 Å². The Kier molecular flexibility index (Phi) is 5.55. The molecule has 0 aliphatic rings. The summed E-state index contributed by atoms with van der Waals surface area (Å²) in [5, 5.41) is 0. The molecule has 7 heteroatoms. The number of esters is 3. The summed E-state index contributed by atoms with van der Waals surface area (Å²) in [6.45, 7) is 0. The van der Waals surface area contributed by atoms with Gasteiger partial charge in [0.15, 0.2) is 0 Å². The number of hydrogen-bond donors (Lipinski definition) is 0. The zero-order valence-electron chi connectivity index (χ0n) is 15.1. The van der Waals surface area contributed by atoms with E-state index in [1.165, 1.54) is 38.7 Å². The Morgan fingerprint density at radius 1 is 0.786 bits per heavy atom. The molecule has 1 heterocycles. The maximum absolute atomic E-state index is 12.6. The zero-order valence-corrected chi connectivity index (χ0v) is 15.1. The summed E-state index contributed by atoms with van der Waals surface area (Å²) in [5.74, 6) is -2.18. The number of benzene rings is 2. The van der Waals surface area contributed by atoms with Gasteiger partial charge < -0.3 is 18.6 Å². The lowest BCUT2D eigenvalue weighted by Crippen LogP contribution is -2.12. The lowest BCUT2D eigenvalue weighted by atomic mass is 10.1. The SMILES string of the molecule is COC(=O)c1cc(OC(=O)c2occc2-c2ccccc2)cc(C(=O)OC)c1. The van der Waals surface area contributed by atoms with Crippen LogP contribution in [0.4, 0.5) is 0 Å². The van der Waals surface area contributed by atoms with E-state index < -0.39 is 17.9 Å². The van der Waals surface area contributed by atoms with E-state index >= 15 is 0 Å². The van der Waals surface area contributed by atoms with Crippen LogP contribution in [0, 0.1) is 0 Å². The summed E-state index contributed by atoms with van der Waals surface area (Å²) in [6, 6.07) is 14.7. The predicted molar refractivity (Wildman–Crippen MR) is 98.2 cm³/mol. The van der Waals surface area contributed by atoms with Gasteiger partial charge in [0.25, 0.3) is 0 Å². The average Bonchev–Trinajstić information content (AvgIpc) is 3.23. The van der Waals surface area contributed by atoms with Crippen molar-refractivity contribution >= 4 is 17.9 Å². The fourth-order valence-corrected chi connectivity index (χ4v) is 2.60. The molecule has 1 aromatic heterocycles. The first kappa shape index (κ1) is 18.9. The Hall–Kier alpha value is -3.87. The third-order valence-corrected chi connectivity index (χ3v) is 3.89. The Balaban J connectivity index is 1.94. The minimum absolute atomic E-state index is 0.00529. The first-order valence-corrected chi connectivity index (χ1v) is 8.20. The van der Waals surface area contributed by atoms with Gasteiger partial charge in [-0.05, 0) is 29.8 Å². The van der Waals surface area contributed by atoms with Crippen LogP contribution < -0.4 is 4.74 Å². The fraction of sp³-hybridized carbons (Fsp3) is 0.0952. The van der Waals surface area contributed by atoms with E-state index in [9.17, 15) is 14.4 Å². The normalized spacial score (nSPS) is 10.2. The Morgan fingerprint density at radius 3 is 1.96 bits per heavy atom. The van der Waals surface area contributed by atoms with Crippen molar-refractivity contribution in [2.24, 2.45) is 0 Å².